The Morgan fingerprint density at radius 1 is 1.23 bits per heavy atom. The van der Waals surface area contributed by atoms with Gasteiger partial charge in [-0.15, -0.1) is 0 Å². The van der Waals surface area contributed by atoms with Gasteiger partial charge in [-0.05, 0) is 37.6 Å². The number of carbonyl (C=O) groups is 1. The Bertz CT molecular complexity index is 1120. The smallest absolute Gasteiger partial charge is 0.343 e. The molecule has 4 heterocycles. The van der Waals surface area contributed by atoms with E-state index in [1.807, 2.05) is 30.3 Å². The van der Waals surface area contributed by atoms with E-state index in [1.165, 1.54) is 6.20 Å². The molecule has 0 N–H and O–H groups in total. The van der Waals surface area contributed by atoms with Crippen LogP contribution in [-0.2, 0) is 17.2 Å². The Balaban J connectivity index is 1.80. The molecule has 156 valence electrons. The molecule has 1 aliphatic rings. The first-order valence-corrected chi connectivity index (χ1v) is 10.0. The van der Waals surface area contributed by atoms with Gasteiger partial charge in [-0.25, -0.2) is 14.8 Å². The van der Waals surface area contributed by atoms with E-state index in [0.29, 0.717) is 12.4 Å². The molecular weight excluding hydrogens is 404 g/mol. The lowest BCUT2D eigenvalue weighted by molar-refractivity contribution is 0.0378. The molecule has 0 unspecified atom stereocenters. The van der Waals surface area contributed by atoms with E-state index in [9.17, 15) is 4.79 Å². The summed E-state index contributed by atoms with van der Waals surface area (Å²) >= 11 is 6.09. The lowest BCUT2D eigenvalue weighted by Gasteiger charge is -2.23. The molecule has 0 saturated heterocycles. The summed E-state index contributed by atoms with van der Waals surface area (Å²) in [6.07, 6.45) is 4.88. The van der Waals surface area contributed by atoms with Crippen LogP contribution in [0.2, 0.25) is 5.28 Å². The first kappa shape index (κ1) is 20.3. The highest BCUT2D eigenvalue weighted by Crippen LogP contribution is 2.44. The van der Waals surface area contributed by atoms with E-state index in [-0.39, 0.29) is 22.4 Å². The van der Waals surface area contributed by atoms with Gasteiger partial charge in [-0.2, -0.15) is 10.1 Å². The lowest BCUT2D eigenvalue weighted by atomic mass is 9.91. The van der Waals surface area contributed by atoms with Crippen LogP contribution in [-0.4, -0.2) is 43.4 Å². The van der Waals surface area contributed by atoms with Crippen LogP contribution >= 0.6 is 11.6 Å². The maximum absolute atomic E-state index is 12.7. The third-order valence-electron chi connectivity index (χ3n) is 4.92. The summed E-state index contributed by atoms with van der Waals surface area (Å²) in [7, 11) is 1.87. The number of rotatable bonds is 4. The highest BCUT2D eigenvalue weighted by atomic mass is 35.5. The maximum atomic E-state index is 12.7. The van der Waals surface area contributed by atoms with Crippen molar-refractivity contribution in [3.8, 4) is 11.3 Å². The normalized spacial score (nSPS) is 14.8. The second kappa shape index (κ2) is 7.36. The zero-order chi connectivity index (χ0) is 21.6. The monoisotopic (exact) mass is 426 g/mol. The van der Waals surface area contributed by atoms with Crippen LogP contribution in [0.15, 0.2) is 30.7 Å². The molecule has 0 fully saturated rings. The van der Waals surface area contributed by atoms with Gasteiger partial charge in [0.05, 0.1) is 29.4 Å². The third kappa shape index (κ3) is 3.63. The van der Waals surface area contributed by atoms with Crippen LogP contribution in [0, 0.1) is 0 Å². The van der Waals surface area contributed by atoms with Crippen LogP contribution in [0.25, 0.3) is 11.3 Å². The van der Waals surface area contributed by atoms with E-state index < -0.39 is 5.97 Å². The molecule has 0 atom stereocenters. The summed E-state index contributed by atoms with van der Waals surface area (Å²) in [6, 6.07) is 3.94. The number of fused-ring (bicyclic) bond motifs is 1. The van der Waals surface area contributed by atoms with Crippen molar-refractivity contribution in [2.75, 3.05) is 11.4 Å². The average Bonchev–Trinajstić information content (AvgIpc) is 3.22. The molecule has 30 heavy (non-hydrogen) atoms. The number of aromatic nitrogens is 5. The van der Waals surface area contributed by atoms with Crippen molar-refractivity contribution in [1.82, 2.24) is 24.7 Å². The molecule has 8 nitrogen and oxygen atoms in total. The summed E-state index contributed by atoms with van der Waals surface area (Å²) in [4.78, 5) is 27.9. The van der Waals surface area contributed by atoms with E-state index in [2.05, 4.69) is 28.9 Å². The van der Waals surface area contributed by atoms with Crippen LogP contribution in [0.1, 0.15) is 43.7 Å². The second-order valence-corrected chi connectivity index (χ2v) is 8.61. The number of anilines is 2. The Morgan fingerprint density at radius 3 is 2.67 bits per heavy atom. The molecule has 0 aromatic carbocycles. The summed E-state index contributed by atoms with van der Waals surface area (Å²) in [6.45, 7) is 8.40. The van der Waals surface area contributed by atoms with Crippen molar-refractivity contribution in [2.45, 2.75) is 39.2 Å². The van der Waals surface area contributed by atoms with E-state index in [1.54, 1.807) is 24.7 Å². The van der Waals surface area contributed by atoms with Gasteiger partial charge in [-0.3, -0.25) is 4.68 Å². The number of aryl methyl sites for hydroxylation is 1. The van der Waals surface area contributed by atoms with Gasteiger partial charge in [0.25, 0.3) is 0 Å². The Morgan fingerprint density at radius 2 is 2.00 bits per heavy atom. The molecule has 9 heteroatoms. The summed E-state index contributed by atoms with van der Waals surface area (Å²) in [5.74, 6) is -0.0636. The van der Waals surface area contributed by atoms with Gasteiger partial charge in [0, 0.05) is 37.0 Å². The van der Waals surface area contributed by atoms with Crippen LogP contribution in [0.5, 0.6) is 0 Å². The molecule has 0 bridgehead atoms. The molecule has 0 spiro atoms. The number of ether oxygens (including phenoxy) is 1. The molecule has 0 aliphatic carbocycles. The third-order valence-corrected chi connectivity index (χ3v) is 5.10. The van der Waals surface area contributed by atoms with E-state index in [0.717, 1.165) is 22.6 Å². The van der Waals surface area contributed by atoms with Gasteiger partial charge in [0.2, 0.25) is 5.28 Å². The number of hydrogen-bond acceptors (Lipinski definition) is 7. The molecular formula is C21H23ClN6O2. The topological polar surface area (TPSA) is 86.0 Å². The van der Waals surface area contributed by atoms with Crippen molar-refractivity contribution < 1.29 is 9.53 Å². The van der Waals surface area contributed by atoms with Crippen molar-refractivity contribution >= 4 is 29.1 Å². The van der Waals surface area contributed by atoms with E-state index in [4.69, 9.17) is 21.3 Å². The van der Waals surface area contributed by atoms with E-state index >= 15 is 0 Å². The van der Waals surface area contributed by atoms with Gasteiger partial charge in [0.1, 0.15) is 5.56 Å². The number of esters is 1. The largest absolute Gasteiger partial charge is 0.459 e. The van der Waals surface area contributed by atoms with Crippen molar-refractivity contribution in [1.29, 1.82) is 0 Å². The van der Waals surface area contributed by atoms with Crippen LogP contribution < -0.4 is 4.90 Å². The number of nitrogens with zero attached hydrogens (tertiary/aromatic N) is 6. The highest BCUT2D eigenvalue weighted by Gasteiger charge is 2.40. The fraction of sp³-hybridized carbons (Fsp3) is 0.381. The number of pyridine rings is 1. The van der Waals surface area contributed by atoms with Gasteiger partial charge in [-0.1, -0.05) is 13.8 Å². The fourth-order valence-corrected chi connectivity index (χ4v) is 3.73. The molecule has 3 aromatic heterocycles. The molecule has 1 aliphatic heterocycles. The van der Waals surface area contributed by atoms with Crippen molar-refractivity contribution in [3.05, 3.63) is 47.3 Å². The number of halogens is 1. The zero-order valence-corrected chi connectivity index (χ0v) is 18.3. The minimum Gasteiger partial charge on any atom is -0.459 e. The first-order valence-electron chi connectivity index (χ1n) is 9.67. The molecule has 0 radical (unpaired) electrons. The molecule has 0 saturated carbocycles. The number of carbonyl (C=O) groups excluding carboxylic acids is 1. The Kier molecular flexibility index (Phi) is 4.97. The van der Waals surface area contributed by atoms with Gasteiger partial charge < -0.3 is 9.64 Å². The number of hydrogen-bond donors (Lipinski definition) is 0. The quantitative estimate of drug-likeness (QED) is 0.461. The van der Waals surface area contributed by atoms with Crippen molar-refractivity contribution in [3.63, 3.8) is 0 Å². The summed E-state index contributed by atoms with van der Waals surface area (Å²) < 4.78 is 7.13. The maximum Gasteiger partial charge on any atom is 0.343 e. The standard InChI is InChI=1S/C21H23ClN6O2/c1-12(2)30-19(29)14-9-23-20(22)26-18(14)28-11-21(3,4)17-16(28)7-6-15(25-17)13-8-24-27(5)10-13/h6-10,12H,11H2,1-5H3. The first-order chi connectivity index (χ1) is 14.2. The fourth-order valence-electron chi connectivity index (χ4n) is 3.61. The summed E-state index contributed by atoms with van der Waals surface area (Å²) in [5, 5.41) is 4.30. The predicted molar refractivity (Wildman–Crippen MR) is 114 cm³/mol. The molecule has 0 amide bonds. The zero-order valence-electron chi connectivity index (χ0n) is 17.5. The average molecular weight is 427 g/mol. The molecule has 4 rings (SSSR count). The lowest BCUT2D eigenvalue weighted by Crippen LogP contribution is -2.28. The van der Waals surface area contributed by atoms with Crippen LogP contribution in [0.4, 0.5) is 11.5 Å². The minimum atomic E-state index is -0.483. The highest BCUT2D eigenvalue weighted by molar-refractivity contribution is 6.28. The predicted octanol–water partition coefficient (Wildman–Crippen LogP) is 3.92. The van der Waals surface area contributed by atoms with Gasteiger partial charge >= 0.3 is 5.97 Å². The summed E-state index contributed by atoms with van der Waals surface area (Å²) in [5.41, 5.74) is 3.58. The van der Waals surface area contributed by atoms with Crippen LogP contribution in [0.3, 0.4) is 0 Å². The minimum absolute atomic E-state index is 0.0669. The van der Waals surface area contributed by atoms with Crippen molar-refractivity contribution in [2.24, 2.45) is 7.05 Å². The van der Waals surface area contributed by atoms with Gasteiger partial charge in [0.15, 0.2) is 5.82 Å². The Hall–Kier alpha value is -3.00. The second-order valence-electron chi connectivity index (χ2n) is 8.27. The SMILES string of the molecule is CC(C)OC(=O)c1cnc(Cl)nc1N1CC(C)(C)c2nc(-c3cnn(C)c3)ccc21. The molecule has 3 aromatic rings. The Labute approximate surface area is 179 Å².